The highest BCUT2D eigenvalue weighted by molar-refractivity contribution is 6.34. The molecule has 0 unspecified atom stereocenters. The topological polar surface area (TPSA) is 0 Å². The first-order valence-electron chi connectivity index (χ1n) is 5.03. The van der Waals surface area contributed by atoms with Crippen LogP contribution in [0.1, 0.15) is 50.7 Å². The largest absolute Gasteiger partial charge is 0.205 e. The first-order chi connectivity index (χ1) is 6.86. The minimum absolute atomic E-state index is 0.0382. The van der Waals surface area contributed by atoms with Crippen LogP contribution in [0.2, 0.25) is 10.0 Å². The van der Waals surface area contributed by atoms with Crippen LogP contribution in [0.3, 0.4) is 0 Å². The number of hydrogen-bond acceptors (Lipinski definition) is 0. The van der Waals surface area contributed by atoms with Crippen LogP contribution in [0.15, 0.2) is 6.07 Å². The quantitative estimate of drug-likeness (QED) is 0.617. The maximum atomic E-state index is 13.9. The normalized spacial score (nSPS) is 11.5. The highest BCUT2D eigenvalue weighted by Gasteiger charge is 2.19. The Morgan fingerprint density at radius 1 is 1.07 bits per heavy atom. The smallest absolute Gasteiger partial charge is 0.147 e. The van der Waals surface area contributed by atoms with E-state index in [-0.39, 0.29) is 22.7 Å². The van der Waals surface area contributed by atoms with E-state index in [2.05, 4.69) is 0 Å². The molecule has 0 fully saturated rings. The Morgan fingerprint density at radius 2 is 1.60 bits per heavy atom. The summed E-state index contributed by atoms with van der Waals surface area (Å²) in [5.74, 6) is -0.162. The Bertz CT molecular complexity index is 370. The Hall–Kier alpha value is -0.270. The Labute approximate surface area is 100 Å². The van der Waals surface area contributed by atoms with Crippen molar-refractivity contribution in [1.29, 1.82) is 0 Å². The van der Waals surface area contributed by atoms with Crippen molar-refractivity contribution in [3.63, 3.8) is 0 Å². The molecule has 0 atom stereocenters. The zero-order chi connectivity index (χ0) is 11.7. The molecule has 1 rings (SSSR count). The van der Waals surface area contributed by atoms with E-state index in [1.807, 2.05) is 27.7 Å². The van der Waals surface area contributed by atoms with E-state index in [9.17, 15) is 4.39 Å². The number of hydrogen-bond donors (Lipinski definition) is 0. The maximum Gasteiger partial charge on any atom is 0.147 e. The minimum Gasteiger partial charge on any atom is -0.205 e. The Kier molecular flexibility index (Phi) is 4.02. The molecule has 15 heavy (non-hydrogen) atoms. The highest BCUT2D eigenvalue weighted by atomic mass is 35.5. The molecule has 0 bridgehead atoms. The molecule has 0 N–H and O–H groups in total. The van der Waals surface area contributed by atoms with Gasteiger partial charge in [-0.05, 0) is 23.5 Å². The average Bonchev–Trinajstić information content (AvgIpc) is 2.10. The second kappa shape index (κ2) is 4.71. The molecule has 0 spiro atoms. The third kappa shape index (κ3) is 2.46. The molecule has 0 aromatic heterocycles. The molecule has 1 aromatic carbocycles. The lowest BCUT2D eigenvalue weighted by Crippen LogP contribution is -2.00. The molecular weight excluding hydrogens is 234 g/mol. The fourth-order valence-electron chi connectivity index (χ4n) is 1.58. The molecule has 0 aliphatic carbocycles. The van der Waals surface area contributed by atoms with Gasteiger partial charge >= 0.3 is 0 Å². The molecule has 84 valence electrons. The average molecular weight is 249 g/mol. The predicted molar refractivity (Wildman–Crippen MR) is 64.6 cm³/mol. The van der Waals surface area contributed by atoms with E-state index in [0.29, 0.717) is 10.6 Å². The van der Waals surface area contributed by atoms with Crippen molar-refractivity contribution in [3.05, 3.63) is 33.1 Å². The van der Waals surface area contributed by atoms with Gasteiger partial charge < -0.3 is 0 Å². The van der Waals surface area contributed by atoms with Gasteiger partial charge in [-0.2, -0.15) is 0 Å². The summed E-state index contributed by atoms with van der Waals surface area (Å²) in [7, 11) is 0. The van der Waals surface area contributed by atoms with E-state index in [0.717, 1.165) is 5.56 Å². The molecule has 3 heteroatoms. The number of benzene rings is 1. The molecule has 0 heterocycles. The molecular formula is C12H15Cl2F. The van der Waals surface area contributed by atoms with Crippen molar-refractivity contribution in [2.24, 2.45) is 0 Å². The SMILES string of the molecule is CC(C)c1cc(Cl)c(C(C)C)c(F)c1Cl. The molecule has 0 nitrogen and oxygen atoms in total. The van der Waals surface area contributed by atoms with Crippen molar-refractivity contribution < 1.29 is 4.39 Å². The monoisotopic (exact) mass is 248 g/mol. The van der Waals surface area contributed by atoms with Crippen molar-refractivity contribution in [1.82, 2.24) is 0 Å². The number of rotatable bonds is 2. The van der Waals surface area contributed by atoms with Gasteiger partial charge in [0.05, 0.1) is 5.02 Å². The molecule has 0 amide bonds. The van der Waals surface area contributed by atoms with E-state index >= 15 is 0 Å². The lowest BCUT2D eigenvalue weighted by molar-refractivity contribution is 0.595. The van der Waals surface area contributed by atoms with Crippen LogP contribution in [0.5, 0.6) is 0 Å². The summed E-state index contributed by atoms with van der Waals surface area (Å²) >= 11 is 12.0. The molecule has 0 saturated carbocycles. The van der Waals surface area contributed by atoms with Crippen LogP contribution in [0, 0.1) is 5.82 Å². The zero-order valence-corrected chi connectivity index (χ0v) is 10.9. The lowest BCUT2D eigenvalue weighted by Gasteiger charge is -2.16. The second-order valence-electron chi connectivity index (χ2n) is 4.30. The van der Waals surface area contributed by atoms with Gasteiger partial charge in [0.2, 0.25) is 0 Å². The number of halogens is 3. The van der Waals surface area contributed by atoms with Crippen molar-refractivity contribution in [2.75, 3.05) is 0 Å². The molecule has 0 saturated heterocycles. The van der Waals surface area contributed by atoms with Crippen molar-refractivity contribution in [3.8, 4) is 0 Å². The minimum atomic E-state index is -0.372. The van der Waals surface area contributed by atoms with E-state index < -0.39 is 0 Å². The van der Waals surface area contributed by atoms with Gasteiger partial charge in [-0.3, -0.25) is 0 Å². The third-order valence-electron chi connectivity index (χ3n) is 2.42. The van der Waals surface area contributed by atoms with E-state index in [1.54, 1.807) is 6.07 Å². The Morgan fingerprint density at radius 3 is 2.00 bits per heavy atom. The summed E-state index contributed by atoms with van der Waals surface area (Å²) in [6.07, 6.45) is 0. The van der Waals surface area contributed by atoms with Gasteiger partial charge in [-0.1, -0.05) is 50.9 Å². The summed E-state index contributed by atoms with van der Waals surface area (Å²) in [5, 5.41) is 0.675. The highest BCUT2D eigenvalue weighted by Crippen LogP contribution is 2.36. The van der Waals surface area contributed by atoms with Crippen molar-refractivity contribution in [2.45, 2.75) is 39.5 Å². The second-order valence-corrected chi connectivity index (χ2v) is 5.08. The third-order valence-corrected chi connectivity index (χ3v) is 3.12. The van der Waals surface area contributed by atoms with Crippen LogP contribution in [0.25, 0.3) is 0 Å². The predicted octanol–water partition coefficient (Wildman–Crippen LogP) is 5.38. The van der Waals surface area contributed by atoms with Crippen LogP contribution in [-0.2, 0) is 0 Å². The molecule has 0 aliphatic heterocycles. The Balaban J connectivity index is 3.44. The summed E-state index contributed by atoms with van der Waals surface area (Å²) in [6.45, 7) is 7.73. The van der Waals surface area contributed by atoms with Crippen LogP contribution < -0.4 is 0 Å². The van der Waals surface area contributed by atoms with Crippen molar-refractivity contribution >= 4 is 23.2 Å². The fraction of sp³-hybridized carbons (Fsp3) is 0.500. The van der Waals surface area contributed by atoms with Gasteiger partial charge in [0, 0.05) is 10.6 Å². The molecule has 1 aromatic rings. The molecule has 0 radical (unpaired) electrons. The zero-order valence-electron chi connectivity index (χ0n) is 9.37. The van der Waals surface area contributed by atoms with Gasteiger partial charge in [-0.15, -0.1) is 0 Å². The van der Waals surface area contributed by atoms with Gasteiger partial charge in [0.1, 0.15) is 5.82 Å². The van der Waals surface area contributed by atoms with Gasteiger partial charge in [0.15, 0.2) is 0 Å². The van der Waals surface area contributed by atoms with Gasteiger partial charge in [0.25, 0.3) is 0 Å². The summed E-state index contributed by atoms with van der Waals surface area (Å²) in [4.78, 5) is 0. The standard InChI is InChI=1S/C12H15Cl2F/c1-6(2)8-5-9(13)10(7(3)4)12(15)11(8)14/h5-7H,1-4H3. The van der Waals surface area contributed by atoms with Gasteiger partial charge in [-0.25, -0.2) is 4.39 Å². The maximum absolute atomic E-state index is 13.9. The summed E-state index contributed by atoms with van der Waals surface area (Å²) in [5.41, 5.74) is 1.27. The lowest BCUT2D eigenvalue weighted by atomic mass is 9.96. The first kappa shape index (κ1) is 12.8. The molecule has 0 aliphatic rings. The summed E-state index contributed by atoms with van der Waals surface area (Å²) in [6, 6.07) is 1.77. The van der Waals surface area contributed by atoms with Crippen LogP contribution in [-0.4, -0.2) is 0 Å². The first-order valence-corrected chi connectivity index (χ1v) is 5.79. The van der Waals surface area contributed by atoms with Crippen LogP contribution >= 0.6 is 23.2 Å². The summed E-state index contributed by atoms with van der Waals surface area (Å²) < 4.78 is 13.9. The van der Waals surface area contributed by atoms with Crippen LogP contribution in [0.4, 0.5) is 4.39 Å². The van der Waals surface area contributed by atoms with E-state index in [4.69, 9.17) is 23.2 Å². The van der Waals surface area contributed by atoms with E-state index in [1.165, 1.54) is 0 Å². The fourth-order valence-corrected chi connectivity index (χ4v) is 2.37.